The molecule has 1 amide bonds. The molecule has 138 valence electrons. The third kappa shape index (κ3) is 3.88. The highest BCUT2D eigenvalue weighted by Gasteiger charge is 2.22. The average molecular weight is 376 g/mol. The van der Waals surface area contributed by atoms with E-state index < -0.39 is 0 Å². The largest absolute Gasteiger partial charge is 0.449 e. The van der Waals surface area contributed by atoms with E-state index in [4.69, 9.17) is 16.3 Å². The molecular formula is C18H22ClN5O2. The molecule has 3 heterocycles. The van der Waals surface area contributed by atoms with Crippen molar-refractivity contribution in [2.75, 3.05) is 19.7 Å². The van der Waals surface area contributed by atoms with Gasteiger partial charge in [0, 0.05) is 19.3 Å². The summed E-state index contributed by atoms with van der Waals surface area (Å²) < 4.78 is 6.98. The van der Waals surface area contributed by atoms with E-state index in [2.05, 4.69) is 15.3 Å². The molecular weight excluding hydrogens is 354 g/mol. The molecule has 0 fully saturated rings. The molecule has 1 aliphatic rings. The van der Waals surface area contributed by atoms with E-state index in [-0.39, 0.29) is 6.09 Å². The Morgan fingerprint density at radius 3 is 2.88 bits per heavy atom. The zero-order chi connectivity index (χ0) is 18.7. The first kappa shape index (κ1) is 18.4. The molecule has 0 atom stereocenters. The highest BCUT2D eigenvalue weighted by Crippen LogP contribution is 2.26. The Morgan fingerprint density at radius 2 is 2.23 bits per heavy atom. The number of carbonyl (C=O) groups is 1. The van der Waals surface area contributed by atoms with Crippen LogP contribution in [0.2, 0.25) is 5.15 Å². The third-order valence-electron chi connectivity index (χ3n) is 4.17. The summed E-state index contributed by atoms with van der Waals surface area (Å²) in [7, 11) is 0. The number of nitrogens with zero attached hydrogens (tertiary/aromatic N) is 5. The van der Waals surface area contributed by atoms with Gasteiger partial charge in [-0.25, -0.2) is 14.5 Å². The Morgan fingerprint density at radius 1 is 1.42 bits per heavy atom. The highest BCUT2D eigenvalue weighted by molar-refractivity contribution is 6.31. The molecule has 0 radical (unpaired) electrons. The SMILES string of the molecule is Cc1c(C2=CCN(C(=O)OCC(C)C)CC2)nnn1-c1cccnc1Cl. The van der Waals surface area contributed by atoms with Gasteiger partial charge in [0.1, 0.15) is 11.4 Å². The van der Waals surface area contributed by atoms with Crippen LogP contribution in [-0.4, -0.2) is 50.7 Å². The molecule has 0 aliphatic carbocycles. The minimum absolute atomic E-state index is 0.267. The van der Waals surface area contributed by atoms with Crippen molar-refractivity contribution in [2.24, 2.45) is 5.92 Å². The van der Waals surface area contributed by atoms with Gasteiger partial charge in [0.15, 0.2) is 5.15 Å². The maximum absolute atomic E-state index is 12.1. The normalized spacial score (nSPS) is 14.5. The van der Waals surface area contributed by atoms with Crippen LogP contribution in [0.5, 0.6) is 0 Å². The van der Waals surface area contributed by atoms with Crippen molar-refractivity contribution in [1.82, 2.24) is 24.9 Å². The van der Waals surface area contributed by atoms with Crippen molar-refractivity contribution in [1.29, 1.82) is 0 Å². The smallest absolute Gasteiger partial charge is 0.410 e. The van der Waals surface area contributed by atoms with Crippen LogP contribution < -0.4 is 0 Å². The summed E-state index contributed by atoms with van der Waals surface area (Å²) in [5.74, 6) is 0.326. The average Bonchev–Trinajstić information content (AvgIpc) is 3.01. The van der Waals surface area contributed by atoms with Gasteiger partial charge in [-0.05, 0) is 37.0 Å². The lowest BCUT2D eigenvalue weighted by atomic mass is 10.0. The first-order valence-electron chi connectivity index (χ1n) is 8.61. The molecule has 7 nitrogen and oxygen atoms in total. The molecule has 3 rings (SSSR count). The van der Waals surface area contributed by atoms with Gasteiger partial charge in [0.05, 0.1) is 12.3 Å². The fourth-order valence-electron chi connectivity index (χ4n) is 2.77. The second-order valence-corrected chi connectivity index (χ2v) is 7.00. The summed E-state index contributed by atoms with van der Waals surface area (Å²) >= 11 is 6.16. The zero-order valence-electron chi connectivity index (χ0n) is 15.1. The lowest BCUT2D eigenvalue weighted by Gasteiger charge is -2.25. The van der Waals surface area contributed by atoms with Gasteiger partial charge in [0.2, 0.25) is 0 Å². The lowest BCUT2D eigenvalue weighted by molar-refractivity contribution is 0.0954. The number of rotatable bonds is 4. The van der Waals surface area contributed by atoms with Crippen molar-refractivity contribution in [2.45, 2.75) is 27.2 Å². The summed E-state index contributed by atoms with van der Waals surface area (Å²) in [6, 6.07) is 3.66. The molecule has 2 aromatic heterocycles. The summed E-state index contributed by atoms with van der Waals surface area (Å²) in [6.45, 7) is 7.52. The fourth-order valence-corrected chi connectivity index (χ4v) is 2.97. The number of hydrogen-bond donors (Lipinski definition) is 0. The summed E-state index contributed by atoms with van der Waals surface area (Å²) in [4.78, 5) is 17.8. The van der Waals surface area contributed by atoms with Crippen molar-refractivity contribution in [3.63, 3.8) is 0 Å². The topological polar surface area (TPSA) is 73.1 Å². The molecule has 2 aromatic rings. The van der Waals surface area contributed by atoms with Gasteiger partial charge >= 0.3 is 6.09 Å². The van der Waals surface area contributed by atoms with Crippen LogP contribution in [0, 0.1) is 12.8 Å². The predicted octanol–water partition coefficient (Wildman–Crippen LogP) is 3.51. The molecule has 1 aliphatic heterocycles. The van der Waals surface area contributed by atoms with Gasteiger partial charge in [-0.15, -0.1) is 5.10 Å². The van der Waals surface area contributed by atoms with E-state index in [1.54, 1.807) is 15.8 Å². The van der Waals surface area contributed by atoms with Crippen LogP contribution in [0.1, 0.15) is 31.7 Å². The molecule has 0 N–H and O–H groups in total. The van der Waals surface area contributed by atoms with Crippen LogP contribution in [0.3, 0.4) is 0 Å². The van der Waals surface area contributed by atoms with Crippen molar-refractivity contribution < 1.29 is 9.53 Å². The maximum Gasteiger partial charge on any atom is 0.410 e. The zero-order valence-corrected chi connectivity index (χ0v) is 15.9. The van der Waals surface area contributed by atoms with Gasteiger partial charge in [0.25, 0.3) is 0 Å². The lowest BCUT2D eigenvalue weighted by Crippen LogP contribution is -2.35. The Kier molecular flexibility index (Phi) is 5.56. The quantitative estimate of drug-likeness (QED) is 0.764. The number of pyridine rings is 1. The van der Waals surface area contributed by atoms with Crippen LogP contribution in [0.15, 0.2) is 24.4 Å². The van der Waals surface area contributed by atoms with E-state index in [1.165, 1.54) is 0 Å². The van der Waals surface area contributed by atoms with E-state index >= 15 is 0 Å². The molecule has 8 heteroatoms. The number of amides is 1. The number of aromatic nitrogens is 4. The van der Waals surface area contributed by atoms with Gasteiger partial charge in [-0.3, -0.25) is 0 Å². The predicted molar refractivity (Wildman–Crippen MR) is 99.3 cm³/mol. The molecule has 0 bridgehead atoms. The van der Waals surface area contributed by atoms with Crippen molar-refractivity contribution in [3.8, 4) is 5.69 Å². The molecule has 0 spiro atoms. The number of ether oxygens (including phenoxy) is 1. The van der Waals surface area contributed by atoms with Crippen LogP contribution >= 0.6 is 11.6 Å². The van der Waals surface area contributed by atoms with E-state index in [1.807, 2.05) is 39.0 Å². The van der Waals surface area contributed by atoms with E-state index in [0.29, 0.717) is 42.9 Å². The maximum atomic E-state index is 12.1. The second-order valence-electron chi connectivity index (χ2n) is 6.64. The second kappa shape index (κ2) is 7.86. The Hall–Kier alpha value is -2.41. The molecule has 0 saturated heterocycles. The van der Waals surface area contributed by atoms with Crippen LogP contribution in [0.4, 0.5) is 4.79 Å². The number of hydrogen-bond acceptors (Lipinski definition) is 5. The summed E-state index contributed by atoms with van der Waals surface area (Å²) in [5.41, 5.74) is 3.48. The standard InChI is InChI=1S/C18H22ClN5O2/c1-12(2)11-26-18(25)23-9-6-14(7-10-23)16-13(3)24(22-21-16)15-5-4-8-20-17(15)19/h4-6,8,12H,7,9-11H2,1-3H3. The van der Waals surface area contributed by atoms with Crippen molar-refractivity contribution in [3.05, 3.63) is 40.9 Å². The van der Waals surface area contributed by atoms with Gasteiger partial charge in [-0.2, -0.15) is 0 Å². The third-order valence-corrected chi connectivity index (χ3v) is 4.47. The van der Waals surface area contributed by atoms with E-state index in [0.717, 1.165) is 17.0 Å². The Labute approximate surface area is 157 Å². The van der Waals surface area contributed by atoms with E-state index in [9.17, 15) is 4.79 Å². The minimum Gasteiger partial charge on any atom is -0.449 e. The number of carbonyl (C=O) groups excluding carboxylic acids is 1. The Balaban J connectivity index is 1.74. The molecule has 0 saturated carbocycles. The van der Waals surface area contributed by atoms with Crippen LogP contribution in [0.25, 0.3) is 11.3 Å². The van der Waals surface area contributed by atoms with Gasteiger partial charge < -0.3 is 9.64 Å². The molecule has 0 unspecified atom stereocenters. The first-order valence-corrected chi connectivity index (χ1v) is 8.99. The number of halogens is 1. The highest BCUT2D eigenvalue weighted by atomic mass is 35.5. The molecule has 0 aromatic carbocycles. The Bertz CT molecular complexity index is 831. The minimum atomic E-state index is -0.267. The first-order chi connectivity index (χ1) is 12.5. The fraction of sp³-hybridized carbons (Fsp3) is 0.444. The van der Waals surface area contributed by atoms with Crippen molar-refractivity contribution >= 4 is 23.3 Å². The summed E-state index contributed by atoms with van der Waals surface area (Å²) in [6.07, 6.45) is 4.08. The molecule has 26 heavy (non-hydrogen) atoms. The monoisotopic (exact) mass is 375 g/mol. The van der Waals surface area contributed by atoms with Gasteiger partial charge in [-0.1, -0.05) is 36.7 Å². The summed E-state index contributed by atoms with van der Waals surface area (Å²) in [5, 5.41) is 8.91. The van der Waals surface area contributed by atoms with Crippen LogP contribution in [-0.2, 0) is 4.74 Å².